The molecule has 5 nitrogen and oxygen atoms in total. The quantitative estimate of drug-likeness (QED) is 0.333. The van der Waals surface area contributed by atoms with E-state index in [1.807, 2.05) is 42.5 Å². The van der Waals surface area contributed by atoms with Crippen molar-refractivity contribution in [2.45, 2.75) is 12.2 Å². The topological polar surface area (TPSA) is 70.7 Å². The number of halogens is 3. The van der Waals surface area contributed by atoms with Crippen LogP contribution in [-0.4, -0.2) is 20.9 Å². The summed E-state index contributed by atoms with van der Waals surface area (Å²) in [6, 6.07) is 19.8. The van der Waals surface area contributed by atoms with E-state index in [0.717, 1.165) is 39.9 Å². The summed E-state index contributed by atoms with van der Waals surface area (Å²) in [5, 5.41) is 3.11. The Morgan fingerprint density at radius 1 is 0.886 bits per heavy atom. The number of hydrogen-bond acceptors (Lipinski definition) is 3. The SMILES string of the molecule is O=C(NC1c2ccccc2-c2c(-c3nc4ccc(C(F)(F)F)cc4[nH]3)cccc21)c1ccncc1. The van der Waals surface area contributed by atoms with Gasteiger partial charge in [0.15, 0.2) is 0 Å². The number of nitrogens with one attached hydrogen (secondary N) is 2. The third kappa shape index (κ3) is 3.54. The number of imidazole rings is 1. The van der Waals surface area contributed by atoms with Gasteiger partial charge in [0, 0.05) is 23.5 Å². The number of hydrogen-bond donors (Lipinski definition) is 2. The summed E-state index contributed by atoms with van der Waals surface area (Å²) >= 11 is 0. The molecule has 1 atom stereocenters. The number of alkyl halides is 3. The molecule has 2 aromatic heterocycles. The van der Waals surface area contributed by atoms with Crippen LogP contribution in [0.5, 0.6) is 0 Å². The second kappa shape index (κ2) is 7.80. The molecule has 35 heavy (non-hydrogen) atoms. The Hall–Kier alpha value is -4.46. The molecule has 0 saturated heterocycles. The predicted molar refractivity (Wildman–Crippen MR) is 126 cm³/mol. The van der Waals surface area contributed by atoms with E-state index in [4.69, 9.17) is 0 Å². The average molecular weight is 470 g/mol. The fourth-order valence-corrected chi connectivity index (χ4v) is 4.64. The smallest absolute Gasteiger partial charge is 0.341 e. The van der Waals surface area contributed by atoms with Crippen molar-refractivity contribution in [2.75, 3.05) is 0 Å². The van der Waals surface area contributed by atoms with Gasteiger partial charge in [-0.3, -0.25) is 9.78 Å². The number of carbonyl (C=O) groups excluding carboxylic acids is 1. The molecular weight excluding hydrogens is 453 g/mol. The van der Waals surface area contributed by atoms with E-state index in [-0.39, 0.29) is 11.9 Å². The van der Waals surface area contributed by atoms with Crippen LogP contribution in [0.15, 0.2) is 85.2 Å². The Morgan fingerprint density at radius 3 is 2.43 bits per heavy atom. The summed E-state index contributed by atoms with van der Waals surface area (Å²) in [6.07, 6.45) is -1.31. The summed E-state index contributed by atoms with van der Waals surface area (Å²) < 4.78 is 39.6. The Labute approximate surface area is 197 Å². The molecule has 172 valence electrons. The number of amides is 1. The molecule has 1 amide bonds. The van der Waals surface area contributed by atoms with Crippen molar-refractivity contribution in [1.29, 1.82) is 0 Å². The summed E-state index contributed by atoms with van der Waals surface area (Å²) in [5.74, 6) is 0.237. The van der Waals surface area contributed by atoms with Crippen molar-refractivity contribution in [3.05, 3.63) is 107 Å². The van der Waals surface area contributed by atoms with Crippen LogP contribution in [0.1, 0.15) is 33.1 Å². The highest BCUT2D eigenvalue weighted by atomic mass is 19.4. The van der Waals surface area contributed by atoms with Crippen LogP contribution in [0.4, 0.5) is 13.2 Å². The number of aromatic amines is 1. The van der Waals surface area contributed by atoms with Gasteiger partial charge in [-0.1, -0.05) is 42.5 Å². The molecule has 0 spiro atoms. The molecule has 5 aromatic rings. The standard InChI is InChI=1S/C27H17F3N4O/c28-27(29,30)16-8-9-21-22(14-16)33-25(32-21)20-7-3-6-19-23(20)17-4-1-2-5-18(17)24(19)34-26(35)15-10-12-31-13-11-15/h1-14,24H,(H,32,33)(H,34,35). The van der Waals surface area contributed by atoms with Gasteiger partial charge in [-0.25, -0.2) is 4.98 Å². The largest absolute Gasteiger partial charge is 0.416 e. The van der Waals surface area contributed by atoms with Gasteiger partial charge in [0.25, 0.3) is 5.91 Å². The van der Waals surface area contributed by atoms with Gasteiger partial charge < -0.3 is 10.3 Å². The molecular formula is C27H17F3N4O. The van der Waals surface area contributed by atoms with Crippen molar-refractivity contribution < 1.29 is 18.0 Å². The maximum absolute atomic E-state index is 13.2. The fourth-order valence-electron chi connectivity index (χ4n) is 4.64. The Balaban J connectivity index is 1.46. The fraction of sp³-hybridized carbons (Fsp3) is 0.0741. The lowest BCUT2D eigenvalue weighted by Crippen LogP contribution is -2.28. The van der Waals surface area contributed by atoms with E-state index in [1.165, 1.54) is 6.07 Å². The third-order valence-electron chi connectivity index (χ3n) is 6.23. The first kappa shape index (κ1) is 21.1. The summed E-state index contributed by atoms with van der Waals surface area (Å²) in [6.45, 7) is 0. The lowest BCUT2D eigenvalue weighted by Gasteiger charge is -2.16. The number of rotatable bonds is 3. The van der Waals surface area contributed by atoms with Crippen LogP contribution in [-0.2, 0) is 6.18 Å². The van der Waals surface area contributed by atoms with Crippen LogP contribution < -0.4 is 5.32 Å². The molecule has 1 unspecified atom stereocenters. The van der Waals surface area contributed by atoms with Crippen LogP contribution in [0, 0.1) is 0 Å². The Kier molecular flexibility index (Phi) is 4.70. The zero-order valence-corrected chi connectivity index (χ0v) is 18.1. The average Bonchev–Trinajstić information content (AvgIpc) is 3.43. The number of benzene rings is 3. The molecule has 8 heteroatoms. The van der Waals surface area contributed by atoms with Gasteiger partial charge in [-0.15, -0.1) is 0 Å². The minimum Gasteiger partial charge on any atom is -0.341 e. The highest BCUT2D eigenvalue weighted by molar-refractivity contribution is 5.97. The molecule has 3 aromatic carbocycles. The Bertz CT molecular complexity index is 1590. The van der Waals surface area contributed by atoms with Crippen LogP contribution in [0.25, 0.3) is 33.5 Å². The van der Waals surface area contributed by atoms with E-state index in [2.05, 4.69) is 20.3 Å². The van der Waals surface area contributed by atoms with Gasteiger partial charge in [-0.2, -0.15) is 13.2 Å². The first-order valence-electron chi connectivity index (χ1n) is 10.9. The molecule has 0 aliphatic heterocycles. The van der Waals surface area contributed by atoms with Crippen LogP contribution >= 0.6 is 0 Å². The second-order valence-corrected chi connectivity index (χ2v) is 8.31. The maximum Gasteiger partial charge on any atom is 0.416 e. The van der Waals surface area contributed by atoms with E-state index < -0.39 is 11.7 Å². The second-order valence-electron chi connectivity index (χ2n) is 8.31. The van der Waals surface area contributed by atoms with Crippen molar-refractivity contribution >= 4 is 16.9 Å². The van der Waals surface area contributed by atoms with Crippen LogP contribution in [0.2, 0.25) is 0 Å². The number of carbonyl (C=O) groups is 1. The summed E-state index contributed by atoms with van der Waals surface area (Å²) in [7, 11) is 0. The van der Waals surface area contributed by atoms with Crippen molar-refractivity contribution in [2.24, 2.45) is 0 Å². The minimum atomic E-state index is -4.44. The van der Waals surface area contributed by atoms with Crippen molar-refractivity contribution in [3.63, 3.8) is 0 Å². The normalized spacial score (nSPS) is 14.5. The predicted octanol–water partition coefficient (Wildman–Crippen LogP) is 6.14. The van der Waals surface area contributed by atoms with E-state index in [9.17, 15) is 18.0 Å². The summed E-state index contributed by atoms with van der Waals surface area (Å²) in [4.78, 5) is 24.6. The van der Waals surface area contributed by atoms with Gasteiger partial charge in [-0.05, 0) is 52.6 Å². The molecule has 2 N–H and O–H groups in total. The van der Waals surface area contributed by atoms with Gasteiger partial charge in [0.1, 0.15) is 5.82 Å². The van der Waals surface area contributed by atoms with Gasteiger partial charge in [0.2, 0.25) is 0 Å². The lowest BCUT2D eigenvalue weighted by molar-refractivity contribution is -0.137. The highest BCUT2D eigenvalue weighted by Gasteiger charge is 2.33. The molecule has 2 heterocycles. The molecule has 1 aliphatic rings. The molecule has 0 fully saturated rings. The Morgan fingerprint density at radius 2 is 1.63 bits per heavy atom. The van der Waals surface area contributed by atoms with E-state index >= 15 is 0 Å². The maximum atomic E-state index is 13.2. The van der Waals surface area contributed by atoms with Crippen LogP contribution in [0.3, 0.4) is 0 Å². The highest BCUT2D eigenvalue weighted by Crippen LogP contribution is 2.47. The molecule has 0 radical (unpaired) electrons. The number of fused-ring (bicyclic) bond motifs is 4. The number of aromatic nitrogens is 3. The zero-order valence-electron chi connectivity index (χ0n) is 18.1. The molecule has 6 rings (SSSR count). The van der Waals surface area contributed by atoms with E-state index in [0.29, 0.717) is 22.4 Å². The first-order valence-corrected chi connectivity index (χ1v) is 10.9. The minimum absolute atomic E-state index is 0.228. The first-order chi connectivity index (χ1) is 16.9. The van der Waals surface area contributed by atoms with Gasteiger partial charge in [0.05, 0.1) is 22.6 Å². The molecule has 0 saturated carbocycles. The lowest BCUT2D eigenvalue weighted by atomic mass is 9.98. The van der Waals surface area contributed by atoms with Crippen molar-refractivity contribution in [3.8, 4) is 22.5 Å². The monoisotopic (exact) mass is 470 g/mol. The number of nitrogens with zero attached hydrogens (tertiary/aromatic N) is 2. The third-order valence-corrected chi connectivity index (χ3v) is 6.23. The number of pyridine rings is 1. The molecule has 1 aliphatic carbocycles. The van der Waals surface area contributed by atoms with Crippen molar-refractivity contribution in [1.82, 2.24) is 20.3 Å². The van der Waals surface area contributed by atoms with Gasteiger partial charge >= 0.3 is 6.18 Å². The van der Waals surface area contributed by atoms with E-state index in [1.54, 1.807) is 24.5 Å². The molecule has 0 bridgehead atoms. The zero-order chi connectivity index (χ0) is 24.2. The summed E-state index contributed by atoms with van der Waals surface area (Å²) in [5.41, 5.74) is 4.92. The number of H-pyrrole nitrogens is 1.